The SMILES string of the molecule is CCCC(=O)N(Cc1ccc(-c2ccccc2-c2nnnn2C(c2ccccc2)(c2ccccc2)c2ccccc2)cc1)C(C)C=O. The summed E-state index contributed by atoms with van der Waals surface area (Å²) >= 11 is 0. The van der Waals surface area contributed by atoms with Crippen LogP contribution in [0.4, 0.5) is 0 Å². The molecule has 0 aliphatic carbocycles. The Morgan fingerprint density at radius 3 is 1.77 bits per heavy atom. The average Bonchev–Trinajstić information content (AvgIpc) is 3.62. The maximum atomic E-state index is 12.8. The van der Waals surface area contributed by atoms with Crippen molar-refractivity contribution in [3.05, 3.63) is 162 Å². The van der Waals surface area contributed by atoms with Gasteiger partial charge in [-0.3, -0.25) is 4.79 Å². The lowest BCUT2D eigenvalue weighted by atomic mass is 9.77. The molecule has 1 heterocycles. The number of amides is 1. The maximum absolute atomic E-state index is 12.8. The fourth-order valence-corrected chi connectivity index (χ4v) is 6.29. The fraction of sp³-hybridized carbons (Fsp3) is 0.175. The molecule has 1 atom stereocenters. The number of carbonyl (C=O) groups excluding carboxylic acids is 2. The molecule has 6 aromatic rings. The molecule has 0 aliphatic heterocycles. The van der Waals surface area contributed by atoms with E-state index >= 15 is 0 Å². The highest BCUT2D eigenvalue weighted by molar-refractivity contribution is 5.82. The van der Waals surface area contributed by atoms with Gasteiger partial charge in [-0.25, -0.2) is 4.68 Å². The van der Waals surface area contributed by atoms with E-state index in [1.54, 1.807) is 11.8 Å². The molecule has 0 saturated carbocycles. The summed E-state index contributed by atoms with van der Waals surface area (Å²) in [5.74, 6) is 0.601. The molecular weight excluding hydrogens is 582 g/mol. The molecule has 0 saturated heterocycles. The standard InChI is InChI=1S/C40H37N5O2/c1-3-15-38(47)44(30(2)29-46)28-31-24-26-32(27-25-31)36-22-13-14-23-37(36)39-41-42-43-45(39)40(33-16-7-4-8-17-33,34-18-9-5-10-19-34)35-20-11-6-12-21-35/h4-14,16-27,29-30H,3,15,28H2,1-2H3. The minimum absolute atomic E-state index is 0.0212. The molecule has 7 nitrogen and oxygen atoms in total. The number of tetrazole rings is 1. The van der Waals surface area contributed by atoms with Crippen LogP contribution < -0.4 is 0 Å². The van der Waals surface area contributed by atoms with Gasteiger partial charge >= 0.3 is 0 Å². The number of carbonyl (C=O) groups is 2. The van der Waals surface area contributed by atoms with Crippen molar-refractivity contribution in [2.24, 2.45) is 0 Å². The van der Waals surface area contributed by atoms with Gasteiger partial charge in [0.2, 0.25) is 5.91 Å². The van der Waals surface area contributed by atoms with Gasteiger partial charge in [-0.05, 0) is 57.2 Å². The van der Waals surface area contributed by atoms with Crippen molar-refractivity contribution in [3.63, 3.8) is 0 Å². The largest absolute Gasteiger partial charge is 0.329 e. The predicted molar refractivity (Wildman–Crippen MR) is 184 cm³/mol. The van der Waals surface area contributed by atoms with Crippen LogP contribution in [0.5, 0.6) is 0 Å². The van der Waals surface area contributed by atoms with Gasteiger partial charge in [0.05, 0.1) is 6.04 Å². The lowest BCUT2D eigenvalue weighted by molar-refractivity contribution is -0.136. The second kappa shape index (κ2) is 14.2. The van der Waals surface area contributed by atoms with Crippen molar-refractivity contribution in [1.82, 2.24) is 25.1 Å². The Kier molecular flexibility index (Phi) is 9.43. The monoisotopic (exact) mass is 619 g/mol. The third-order valence-corrected chi connectivity index (χ3v) is 8.62. The number of benzene rings is 5. The van der Waals surface area contributed by atoms with E-state index < -0.39 is 11.6 Å². The Morgan fingerprint density at radius 1 is 0.745 bits per heavy atom. The first kappa shape index (κ1) is 31.3. The second-order valence-corrected chi connectivity index (χ2v) is 11.6. The summed E-state index contributed by atoms with van der Waals surface area (Å²) in [4.78, 5) is 26.0. The van der Waals surface area contributed by atoms with E-state index in [9.17, 15) is 9.59 Å². The quantitative estimate of drug-likeness (QED) is 0.104. The van der Waals surface area contributed by atoms with E-state index in [0.29, 0.717) is 18.8 Å². The molecule has 6 rings (SSSR count). The molecule has 1 unspecified atom stereocenters. The summed E-state index contributed by atoms with van der Waals surface area (Å²) < 4.78 is 1.94. The van der Waals surface area contributed by atoms with Gasteiger partial charge in [0.15, 0.2) is 5.82 Å². The molecule has 0 aliphatic rings. The number of nitrogens with zero attached hydrogens (tertiary/aromatic N) is 5. The summed E-state index contributed by atoms with van der Waals surface area (Å²) in [5, 5.41) is 13.7. The average molecular weight is 620 g/mol. The lowest BCUT2D eigenvalue weighted by Gasteiger charge is -2.36. The molecule has 1 amide bonds. The van der Waals surface area contributed by atoms with Crippen molar-refractivity contribution in [2.45, 2.75) is 44.8 Å². The van der Waals surface area contributed by atoms with Crippen LogP contribution in [0.15, 0.2) is 140 Å². The van der Waals surface area contributed by atoms with Crippen molar-refractivity contribution < 1.29 is 9.59 Å². The molecule has 0 fully saturated rings. The summed E-state index contributed by atoms with van der Waals surface area (Å²) in [6.07, 6.45) is 1.97. The molecule has 234 valence electrons. The predicted octanol–water partition coefficient (Wildman–Crippen LogP) is 7.56. The minimum Gasteiger partial charge on any atom is -0.329 e. The lowest BCUT2D eigenvalue weighted by Crippen LogP contribution is -2.39. The Labute approximate surface area is 275 Å². The van der Waals surface area contributed by atoms with Crippen LogP contribution in [0, 0.1) is 0 Å². The first-order valence-corrected chi connectivity index (χ1v) is 16.0. The zero-order chi connectivity index (χ0) is 32.6. The van der Waals surface area contributed by atoms with Crippen LogP contribution in [-0.2, 0) is 21.7 Å². The highest BCUT2D eigenvalue weighted by Crippen LogP contribution is 2.43. The molecular formula is C40H37N5O2. The number of rotatable bonds is 12. The van der Waals surface area contributed by atoms with Gasteiger partial charge in [0.1, 0.15) is 11.8 Å². The number of aromatic nitrogens is 4. The molecule has 7 heteroatoms. The summed E-state index contributed by atoms with van der Waals surface area (Å²) in [6.45, 7) is 4.09. The third kappa shape index (κ3) is 6.12. The molecule has 47 heavy (non-hydrogen) atoms. The van der Waals surface area contributed by atoms with Crippen molar-refractivity contribution in [1.29, 1.82) is 0 Å². The molecule has 0 radical (unpaired) electrons. The van der Waals surface area contributed by atoms with E-state index in [-0.39, 0.29) is 5.91 Å². The van der Waals surface area contributed by atoms with E-state index in [2.05, 4.69) is 64.9 Å². The first-order chi connectivity index (χ1) is 23.1. The van der Waals surface area contributed by atoms with E-state index in [1.807, 2.05) is 96.5 Å². The van der Waals surface area contributed by atoms with Crippen molar-refractivity contribution in [2.75, 3.05) is 0 Å². The minimum atomic E-state index is -0.872. The Bertz CT molecular complexity index is 1830. The normalized spacial score (nSPS) is 12.0. The Hall–Kier alpha value is -5.69. The number of hydrogen-bond acceptors (Lipinski definition) is 5. The van der Waals surface area contributed by atoms with Gasteiger partial charge < -0.3 is 9.69 Å². The van der Waals surface area contributed by atoms with Crippen LogP contribution >= 0.6 is 0 Å². The molecule has 0 spiro atoms. The van der Waals surface area contributed by atoms with E-state index in [1.165, 1.54) is 0 Å². The molecule has 5 aromatic carbocycles. The summed E-state index contributed by atoms with van der Waals surface area (Å²) in [7, 11) is 0. The van der Waals surface area contributed by atoms with Gasteiger partial charge in [0.25, 0.3) is 0 Å². The van der Waals surface area contributed by atoms with Gasteiger partial charge in [-0.1, -0.05) is 146 Å². The van der Waals surface area contributed by atoms with Gasteiger partial charge in [-0.15, -0.1) is 5.10 Å². The first-order valence-electron chi connectivity index (χ1n) is 16.0. The number of hydrogen-bond donors (Lipinski definition) is 0. The van der Waals surface area contributed by atoms with Crippen LogP contribution in [0.25, 0.3) is 22.5 Å². The Balaban J connectivity index is 1.48. The second-order valence-electron chi connectivity index (χ2n) is 11.6. The highest BCUT2D eigenvalue weighted by atomic mass is 16.2. The van der Waals surface area contributed by atoms with Crippen molar-refractivity contribution in [3.8, 4) is 22.5 Å². The van der Waals surface area contributed by atoms with E-state index in [4.69, 9.17) is 5.21 Å². The fourth-order valence-electron chi connectivity index (χ4n) is 6.29. The van der Waals surface area contributed by atoms with Crippen LogP contribution in [0.1, 0.15) is 48.9 Å². The summed E-state index contributed by atoms with van der Waals surface area (Å²) in [6, 6.07) is 46.8. The third-order valence-electron chi connectivity index (χ3n) is 8.62. The number of aldehydes is 1. The van der Waals surface area contributed by atoms with Crippen molar-refractivity contribution >= 4 is 12.2 Å². The summed E-state index contributed by atoms with van der Waals surface area (Å²) in [5.41, 5.74) is 6.00. The molecule has 0 N–H and O–H groups in total. The zero-order valence-electron chi connectivity index (χ0n) is 26.6. The molecule has 1 aromatic heterocycles. The van der Waals surface area contributed by atoms with Crippen LogP contribution in [-0.4, -0.2) is 43.3 Å². The highest BCUT2D eigenvalue weighted by Gasteiger charge is 2.42. The van der Waals surface area contributed by atoms with Gasteiger partial charge in [-0.2, -0.15) is 0 Å². The Morgan fingerprint density at radius 2 is 1.26 bits per heavy atom. The van der Waals surface area contributed by atoms with Crippen LogP contribution in [0.3, 0.4) is 0 Å². The maximum Gasteiger partial charge on any atom is 0.223 e. The topological polar surface area (TPSA) is 81.0 Å². The zero-order valence-corrected chi connectivity index (χ0v) is 26.6. The van der Waals surface area contributed by atoms with E-state index in [0.717, 1.165) is 51.7 Å². The smallest absolute Gasteiger partial charge is 0.223 e. The van der Waals surface area contributed by atoms with Gasteiger partial charge in [0, 0.05) is 18.5 Å². The molecule has 0 bridgehead atoms. The van der Waals surface area contributed by atoms with Crippen LogP contribution in [0.2, 0.25) is 0 Å².